The van der Waals surface area contributed by atoms with Crippen LogP contribution in [0.5, 0.6) is 0 Å². The predicted octanol–water partition coefficient (Wildman–Crippen LogP) is 3.83. The Balaban J connectivity index is 2.36. The van der Waals surface area contributed by atoms with Crippen molar-refractivity contribution in [1.29, 1.82) is 5.26 Å². The van der Waals surface area contributed by atoms with Crippen LogP contribution < -0.4 is 15.5 Å². The molecule has 0 radical (unpaired) electrons. The number of furan rings is 1. The minimum Gasteiger partial charge on any atom is -0.457 e. The molecule has 1 heterocycles. The fourth-order valence-corrected chi connectivity index (χ4v) is 2.50. The zero-order valence-electron chi connectivity index (χ0n) is 15.4. The number of nitriles is 1. The first kappa shape index (κ1) is 19.3. The van der Waals surface area contributed by atoms with Crippen molar-refractivity contribution in [3.05, 3.63) is 53.8 Å². The van der Waals surface area contributed by atoms with E-state index in [2.05, 4.69) is 28.0 Å². The van der Waals surface area contributed by atoms with Gasteiger partial charge in [-0.1, -0.05) is 18.3 Å². The lowest BCUT2D eigenvalue weighted by atomic mass is 10.1. The monoisotopic (exact) mass is 366 g/mol. The van der Waals surface area contributed by atoms with Crippen molar-refractivity contribution >= 4 is 34.7 Å². The maximum absolute atomic E-state index is 8.95. The molecule has 0 atom stereocenters. The Bertz CT molecular complexity index is 901. The lowest BCUT2D eigenvalue weighted by molar-refractivity contribution is 0.572. The first-order valence-corrected chi connectivity index (χ1v) is 8.41. The summed E-state index contributed by atoms with van der Waals surface area (Å²) in [6.07, 6.45) is 5.04. The highest BCUT2D eigenvalue weighted by molar-refractivity contribution is 7.80. The maximum atomic E-state index is 8.95. The standard InChI is InChI=1S/C20H22N4OS/c1-23(2)15-8-10-18(24(3)4)17(12-15)19-11-9-16(25-19)7-5-6-14(13-21)20(22)26/h5-12H,1-4H3,(H2,22,26)/b7-5+,14-6-. The Morgan fingerprint density at radius 1 is 1.15 bits per heavy atom. The third kappa shape index (κ3) is 4.52. The number of allylic oxidation sites excluding steroid dienone is 2. The van der Waals surface area contributed by atoms with Crippen LogP contribution in [0.3, 0.4) is 0 Å². The Morgan fingerprint density at radius 2 is 1.88 bits per heavy atom. The van der Waals surface area contributed by atoms with E-state index in [4.69, 9.17) is 27.6 Å². The average molecular weight is 366 g/mol. The fraction of sp³-hybridized carbons (Fsp3) is 0.200. The molecule has 0 aliphatic rings. The topological polar surface area (TPSA) is 69.4 Å². The van der Waals surface area contributed by atoms with Gasteiger partial charge in [0.15, 0.2) is 0 Å². The molecule has 5 nitrogen and oxygen atoms in total. The molecule has 0 unspecified atom stereocenters. The Hall–Kier alpha value is -3.04. The molecule has 1 aromatic heterocycles. The number of hydrogen-bond donors (Lipinski definition) is 1. The first-order chi connectivity index (χ1) is 12.3. The van der Waals surface area contributed by atoms with E-state index in [1.165, 1.54) is 0 Å². The van der Waals surface area contributed by atoms with Gasteiger partial charge in [-0.2, -0.15) is 5.26 Å². The van der Waals surface area contributed by atoms with E-state index in [9.17, 15) is 0 Å². The van der Waals surface area contributed by atoms with E-state index in [0.717, 1.165) is 22.7 Å². The highest BCUT2D eigenvalue weighted by Gasteiger charge is 2.12. The van der Waals surface area contributed by atoms with E-state index in [1.807, 2.05) is 46.4 Å². The van der Waals surface area contributed by atoms with Crippen molar-refractivity contribution in [2.75, 3.05) is 38.0 Å². The summed E-state index contributed by atoms with van der Waals surface area (Å²) in [5.41, 5.74) is 8.90. The highest BCUT2D eigenvalue weighted by atomic mass is 32.1. The molecule has 2 aromatic rings. The lowest BCUT2D eigenvalue weighted by Gasteiger charge is -2.20. The maximum Gasteiger partial charge on any atom is 0.136 e. The van der Waals surface area contributed by atoms with Crippen molar-refractivity contribution in [3.8, 4) is 17.4 Å². The van der Waals surface area contributed by atoms with Crippen molar-refractivity contribution in [2.24, 2.45) is 5.73 Å². The van der Waals surface area contributed by atoms with E-state index in [1.54, 1.807) is 18.2 Å². The number of nitrogens with zero attached hydrogens (tertiary/aromatic N) is 3. The minimum atomic E-state index is 0.0772. The molecule has 2 rings (SSSR count). The molecular weight excluding hydrogens is 344 g/mol. The summed E-state index contributed by atoms with van der Waals surface area (Å²) in [6.45, 7) is 0. The number of rotatable bonds is 6. The van der Waals surface area contributed by atoms with Crippen LogP contribution in [0.2, 0.25) is 0 Å². The van der Waals surface area contributed by atoms with Crippen LogP contribution in [0.15, 0.2) is 52.5 Å². The van der Waals surface area contributed by atoms with Gasteiger partial charge in [-0.15, -0.1) is 0 Å². The van der Waals surface area contributed by atoms with E-state index >= 15 is 0 Å². The number of anilines is 2. The number of nitrogens with two attached hydrogens (primary N) is 1. The first-order valence-electron chi connectivity index (χ1n) is 8.00. The summed E-state index contributed by atoms with van der Waals surface area (Å²) in [7, 11) is 8.02. The van der Waals surface area contributed by atoms with E-state index in [-0.39, 0.29) is 10.6 Å². The van der Waals surface area contributed by atoms with Gasteiger partial charge in [0.1, 0.15) is 22.6 Å². The molecule has 2 N–H and O–H groups in total. The summed E-state index contributed by atoms with van der Waals surface area (Å²) < 4.78 is 5.96. The smallest absolute Gasteiger partial charge is 0.136 e. The summed E-state index contributed by atoms with van der Waals surface area (Å²) in [4.78, 5) is 4.18. The summed E-state index contributed by atoms with van der Waals surface area (Å²) >= 11 is 4.81. The fourth-order valence-electron chi connectivity index (χ4n) is 2.39. The van der Waals surface area contributed by atoms with Crippen molar-refractivity contribution < 1.29 is 4.42 Å². The molecule has 6 heteroatoms. The Kier molecular flexibility index (Phi) is 6.21. The molecule has 0 bridgehead atoms. The van der Waals surface area contributed by atoms with Gasteiger partial charge in [0.05, 0.1) is 5.57 Å². The second-order valence-corrected chi connectivity index (χ2v) is 6.55. The molecule has 0 aliphatic carbocycles. The summed E-state index contributed by atoms with van der Waals surface area (Å²) in [5, 5.41) is 8.95. The second kappa shape index (κ2) is 8.37. The zero-order valence-corrected chi connectivity index (χ0v) is 16.2. The van der Waals surface area contributed by atoms with Gasteiger partial charge in [0.25, 0.3) is 0 Å². The van der Waals surface area contributed by atoms with Crippen LogP contribution in [0, 0.1) is 11.3 Å². The van der Waals surface area contributed by atoms with Gasteiger partial charge in [0.2, 0.25) is 0 Å². The van der Waals surface area contributed by atoms with Gasteiger partial charge >= 0.3 is 0 Å². The van der Waals surface area contributed by atoms with Crippen molar-refractivity contribution in [2.45, 2.75) is 0 Å². The van der Waals surface area contributed by atoms with Gasteiger partial charge in [-0.3, -0.25) is 0 Å². The van der Waals surface area contributed by atoms with Crippen LogP contribution in [0.25, 0.3) is 17.4 Å². The van der Waals surface area contributed by atoms with Crippen molar-refractivity contribution in [3.63, 3.8) is 0 Å². The van der Waals surface area contributed by atoms with Crippen LogP contribution in [0.4, 0.5) is 11.4 Å². The third-order valence-corrected chi connectivity index (χ3v) is 4.00. The number of benzene rings is 1. The molecule has 0 spiro atoms. The van der Waals surface area contributed by atoms with Gasteiger partial charge in [-0.25, -0.2) is 0 Å². The third-order valence-electron chi connectivity index (χ3n) is 3.78. The van der Waals surface area contributed by atoms with Crippen molar-refractivity contribution in [1.82, 2.24) is 0 Å². The SMILES string of the molecule is CN(C)c1ccc(N(C)C)c(-c2ccc(/C=C/C=C(/C#N)C(N)=S)o2)c1. The summed E-state index contributed by atoms with van der Waals surface area (Å²) in [6, 6.07) is 12.0. The highest BCUT2D eigenvalue weighted by Crippen LogP contribution is 2.34. The molecule has 0 saturated carbocycles. The zero-order chi connectivity index (χ0) is 19.3. The van der Waals surface area contributed by atoms with Crippen LogP contribution >= 0.6 is 12.2 Å². The molecule has 0 amide bonds. The quantitative estimate of drug-likeness (QED) is 0.363. The number of hydrogen-bond acceptors (Lipinski definition) is 5. The number of thiocarbonyl (C=S) groups is 1. The molecule has 1 aromatic carbocycles. The molecule has 0 saturated heterocycles. The summed E-state index contributed by atoms with van der Waals surface area (Å²) in [5.74, 6) is 1.45. The van der Waals surface area contributed by atoms with Crippen LogP contribution in [-0.4, -0.2) is 33.2 Å². The molecule has 0 aliphatic heterocycles. The molecule has 0 fully saturated rings. The van der Waals surface area contributed by atoms with Gasteiger partial charge in [0, 0.05) is 45.1 Å². The largest absolute Gasteiger partial charge is 0.457 e. The molecular formula is C20H22N4OS. The van der Waals surface area contributed by atoms with Crippen LogP contribution in [0.1, 0.15) is 5.76 Å². The van der Waals surface area contributed by atoms with Gasteiger partial charge < -0.3 is 20.0 Å². The van der Waals surface area contributed by atoms with E-state index < -0.39 is 0 Å². The van der Waals surface area contributed by atoms with Gasteiger partial charge in [-0.05, 0) is 42.5 Å². The Labute approximate surface area is 159 Å². The normalized spacial score (nSPS) is 11.4. The Morgan fingerprint density at radius 3 is 2.46 bits per heavy atom. The lowest BCUT2D eigenvalue weighted by Crippen LogP contribution is -2.12. The van der Waals surface area contributed by atoms with E-state index in [0.29, 0.717) is 5.76 Å². The average Bonchev–Trinajstić information content (AvgIpc) is 3.06. The van der Waals surface area contributed by atoms with Crippen LogP contribution in [-0.2, 0) is 0 Å². The predicted molar refractivity (Wildman–Crippen MR) is 112 cm³/mol. The second-order valence-electron chi connectivity index (χ2n) is 6.11. The minimum absolute atomic E-state index is 0.0772. The molecule has 134 valence electrons. The molecule has 26 heavy (non-hydrogen) atoms.